The molecule has 0 atom stereocenters. The Balaban J connectivity index is 0.000000199. The van der Waals surface area contributed by atoms with E-state index in [0.717, 1.165) is 5.69 Å². The molecule has 2 N–H and O–H groups in total. The Morgan fingerprint density at radius 2 is 1.78 bits per heavy atom. The van der Waals surface area contributed by atoms with Gasteiger partial charge in [-0.3, -0.25) is 0 Å². The van der Waals surface area contributed by atoms with Crippen LogP contribution >= 0.6 is 11.8 Å². The minimum Gasteiger partial charge on any atom is -0.399 e. The second-order valence-corrected chi connectivity index (χ2v) is 5.64. The maximum absolute atomic E-state index is 5.36. The summed E-state index contributed by atoms with van der Waals surface area (Å²) in [6.07, 6.45) is 7.88. The van der Waals surface area contributed by atoms with Gasteiger partial charge in [-0.25, -0.2) is 0 Å². The van der Waals surface area contributed by atoms with Crippen LogP contribution in [0.2, 0.25) is 0 Å². The van der Waals surface area contributed by atoms with Gasteiger partial charge in [-0.2, -0.15) is 11.8 Å². The molecule has 1 saturated heterocycles. The second kappa shape index (κ2) is 10.3. The summed E-state index contributed by atoms with van der Waals surface area (Å²) in [5, 5.41) is 0. The first kappa shape index (κ1) is 15.4. The van der Waals surface area contributed by atoms with E-state index in [-0.39, 0.29) is 0 Å². The lowest BCUT2D eigenvalue weighted by molar-refractivity contribution is 0.230. The molecule has 0 aromatic heterocycles. The number of nitrogen functional groups attached to an aromatic ring is 1. The summed E-state index contributed by atoms with van der Waals surface area (Å²) in [6.45, 7) is 4.05. The van der Waals surface area contributed by atoms with Gasteiger partial charge < -0.3 is 10.6 Å². The highest BCUT2D eigenvalue weighted by Crippen LogP contribution is 2.09. The number of anilines is 1. The molecule has 1 fully saturated rings. The lowest BCUT2D eigenvalue weighted by atomic mass is 10.1. The molecule has 0 bridgehead atoms. The van der Waals surface area contributed by atoms with Crippen molar-refractivity contribution < 1.29 is 0 Å². The highest BCUT2D eigenvalue weighted by molar-refractivity contribution is 7.98. The third-order valence-corrected chi connectivity index (χ3v) is 3.77. The van der Waals surface area contributed by atoms with Crippen LogP contribution in [-0.2, 0) is 0 Å². The number of thioether (sulfide) groups is 1. The van der Waals surface area contributed by atoms with Gasteiger partial charge in [0.1, 0.15) is 0 Å². The molecule has 0 saturated carbocycles. The van der Waals surface area contributed by atoms with E-state index >= 15 is 0 Å². The monoisotopic (exact) mass is 266 g/mol. The van der Waals surface area contributed by atoms with Gasteiger partial charge in [-0.05, 0) is 63.0 Å². The van der Waals surface area contributed by atoms with Crippen LogP contribution in [0, 0.1) is 0 Å². The van der Waals surface area contributed by atoms with Gasteiger partial charge in [0, 0.05) is 5.69 Å². The zero-order valence-corrected chi connectivity index (χ0v) is 12.3. The number of hydrogen-bond donors (Lipinski definition) is 1. The molecule has 3 heteroatoms. The maximum Gasteiger partial charge on any atom is 0.0313 e. The van der Waals surface area contributed by atoms with Gasteiger partial charge in [0.05, 0.1) is 0 Å². The molecular formula is C15H26N2S. The van der Waals surface area contributed by atoms with Crippen molar-refractivity contribution >= 4 is 17.4 Å². The highest BCUT2D eigenvalue weighted by atomic mass is 32.2. The summed E-state index contributed by atoms with van der Waals surface area (Å²) in [6, 6.07) is 9.49. The van der Waals surface area contributed by atoms with Crippen molar-refractivity contribution in [3.8, 4) is 0 Å². The minimum absolute atomic E-state index is 0.822. The molecule has 0 amide bonds. The van der Waals surface area contributed by atoms with E-state index in [9.17, 15) is 0 Å². The SMILES string of the molecule is CSCCCN1CCCCC1.Nc1ccccc1. The summed E-state index contributed by atoms with van der Waals surface area (Å²) in [5.41, 5.74) is 6.18. The zero-order chi connectivity index (χ0) is 13.1. The van der Waals surface area contributed by atoms with Crippen molar-refractivity contribution in [3.63, 3.8) is 0 Å². The van der Waals surface area contributed by atoms with Crippen molar-refractivity contribution in [2.24, 2.45) is 0 Å². The van der Waals surface area contributed by atoms with Gasteiger partial charge in [0.2, 0.25) is 0 Å². The Bertz CT molecular complexity index is 284. The molecule has 0 radical (unpaired) electrons. The van der Waals surface area contributed by atoms with Crippen molar-refractivity contribution in [1.29, 1.82) is 0 Å². The van der Waals surface area contributed by atoms with Crippen molar-refractivity contribution in [2.45, 2.75) is 25.7 Å². The fourth-order valence-corrected chi connectivity index (χ4v) is 2.49. The molecule has 2 rings (SSSR count). The molecule has 1 heterocycles. The van der Waals surface area contributed by atoms with Crippen LogP contribution in [-0.4, -0.2) is 36.5 Å². The molecule has 1 aliphatic heterocycles. The number of hydrogen-bond acceptors (Lipinski definition) is 3. The molecule has 0 spiro atoms. The average Bonchev–Trinajstić information content (AvgIpc) is 2.42. The third-order valence-electron chi connectivity index (χ3n) is 3.07. The molecular weight excluding hydrogens is 240 g/mol. The minimum atomic E-state index is 0.822. The van der Waals surface area contributed by atoms with Crippen LogP contribution in [0.15, 0.2) is 30.3 Å². The number of para-hydroxylation sites is 1. The topological polar surface area (TPSA) is 29.3 Å². The number of rotatable bonds is 4. The summed E-state index contributed by atoms with van der Waals surface area (Å²) >= 11 is 1.96. The van der Waals surface area contributed by atoms with Gasteiger partial charge in [-0.15, -0.1) is 0 Å². The predicted octanol–water partition coefficient (Wildman–Crippen LogP) is 3.49. The molecule has 1 aliphatic rings. The smallest absolute Gasteiger partial charge is 0.0313 e. The van der Waals surface area contributed by atoms with Crippen LogP contribution in [0.5, 0.6) is 0 Å². The highest BCUT2D eigenvalue weighted by Gasteiger charge is 2.08. The fraction of sp³-hybridized carbons (Fsp3) is 0.600. The first-order chi connectivity index (χ1) is 8.83. The molecule has 1 aromatic carbocycles. The predicted molar refractivity (Wildman–Crippen MR) is 84.1 cm³/mol. The van der Waals surface area contributed by atoms with Gasteiger partial charge in [0.25, 0.3) is 0 Å². The summed E-state index contributed by atoms with van der Waals surface area (Å²) in [7, 11) is 0. The number of likely N-dealkylation sites (tertiary alicyclic amines) is 1. The van der Waals surface area contributed by atoms with E-state index in [1.54, 1.807) is 0 Å². The summed E-state index contributed by atoms with van der Waals surface area (Å²) in [5.74, 6) is 1.33. The van der Waals surface area contributed by atoms with E-state index in [0.29, 0.717) is 0 Å². The number of piperidine rings is 1. The van der Waals surface area contributed by atoms with Crippen LogP contribution < -0.4 is 5.73 Å². The fourth-order valence-electron chi connectivity index (χ4n) is 2.07. The molecule has 1 aromatic rings. The summed E-state index contributed by atoms with van der Waals surface area (Å²) in [4.78, 5) is 2.61. The maximum atomic E-state index is 5.36. The number of nitrogens with two attached hydrogens (primary N) is 1. The Morgan fingerprint density at radius 1 is 1.11 bits per heavy atom. The van der Waals surface area contributed by atoms with Crippen LogP contribution in [0.3, 0.4) is 0 Å². The third kappa shape index (κ3) is 7.62. The van der Waals surface area contributed by atoms with Crippen LogP contribution in [0.1, 0.15) is 25.7 Å². The van der Waals surface area contributed by atoms with Crippen molar-refractivity contribution in [2.75, 3.05) is 37.4 Å². The summed E-state index contributed by atoms with van der Waals surface area (Å²) < 4.78 is 0. The van der Waals surface area contributed by atoms with Crippen molar-refractivity contribution in [1.82, 2.24) is 4.90 Å². The first-order valence-electron chi connectivity index (χ1n) is 6.84. The lowest BCUT2D eigenvalue weighted by Gasteiger charge is -2.26. The molecule has 18 heavy (non-hydrogen) atoms. The van der Waals surface area contributed by atoms with Gasteiger partial charge >= 0.3 is 0 Å². The van der Waals surface area contributed by atoms with E-state index in [1.807, 2.05) is 42.1 Å². The Hall–Kier alpha value is -0.670. The quantitative estimate of drug-likeness (QED) is 0.668. The second-order valence-electron chi connectivity index (χ2n) is 4.66. The van der Waals surface area contributed by atoms with E-state index in [4.69, 9.17) is 5.73 Å². The number of nitrogens with zero attached hydrogens (tertiary/aromatic N) is 1. The Morgan fingerprint density at radius 3 is 2.28 bits per heavy atom. The molecule has 2 nitrogen and oxygen atoms in total. The largest absolute Gasteiger partial charge is 0.399 e. The normalized spacial score (nSPS) is 15.8. The molecule has 102 valence electrons. The van der Waals surface area contributed by atoms with Gasteiger partial charge in [0.15, 0.2) is 0 Å². The van der Waals surface area contributed by atoms with Gasteiger partial charge in [-0.1, -0.05) is 24.6 Å². The zero-order valence-electron chi connectivity index (χ0n) is 11.5. The Labute approximate surface area is 116 Å². The number of benzene rings is 1. The molecule has 0 aliphatic carbocycles. The van der Waals surface area contributed by atoms with Crippen LogP contribution in [0.25, 0.3) is 0 Å². The first-order valence-corrected chi connectivity index (χ1v) is 8.24. The average molecular weight is 266 g/mol. The molecule has 0 unspecified atom stereocenters. The van der Waals surface area contributed by atoms with Crippen LogP contribution in [0.4, 0.5) is 5.69 Å². The lowest BCUT2D eigenvalue weighted by Crippen LogP contribution is -2.30. The van der Waals surface area contributed by atoms with E-state index < -0.39 is 0 Å². The Kier molecular flexibility index (Phi) is 8.78. The van der Waals surface area contributed by atoms with Crippen molar-refractivity contribution in [3.05, 3.63) is 30.3 Å². The van der Waals surface area contributed by atoms with E-state index in [2.05, 4.69) is 11.2 Å². The van der Waals surface area contributed by atoms with E-state index in [1.165, 1.54) is 51.1 Å². The standard InChI is InChI=1S/C9H19NS.C6H7N/c1-11-9-5-8-10-6-3-2-4-7-10;7-6-4-2-1-3-5-6/h2-9H2,1H3;1-5H,7H2.